The molecule has 0 aliphatic heterocycles. The highest BCUT2D eigenvalue weighted by Gasteiger charge is 2.10. The van der Waals surface area contributed by atoms with E-state index in [2.05, 4.69) is 20.9 Å². The van der Waals surface area contributed by atoms with Crippen molar-refractivity contribution in [1.82, 2.24) is 4.98 Å². The van der Waals surface area contributed by atoms with Crippen LogP contribution in [0.1, 0.15) is 15.9 Å². The number of rotatable bonds is 3. The average Bonchev–Trinajstić information content (AvgIpc) is 2.71. The second-order valence-electron chi connectivity index (χ2n) is 3.09. The van der Waals surface area contributed by atoms with Gasteiger partial charge in [0.1, 0.15) is 0 Å². The summed E-state index contributed by atoms with van der Waals surface area (Å²) in [7, 11) is 0. The summed E-state index contributed by atoms with van der Waals surface area (Å²) in [5.74, 6) is 0.114. The summed E-state index contributed by atoms with van der Waals surface area (Å²) in [6.07, 6.45) is 3.72. The first kappa shape index (κ1) is 10.5. The molecule has 0 radical (unpaired) electrons. The molecule has 0 atom stereocenters. The smallest absolute Gasteiger partial charge is 0.168 e. The van der Waals surface area contributed by atoms with Gasteiger partial charge in [-0.05, 0) is 44.4 Å². The number of nitrogens with zero attached hydrogens (tertiary/aromatic N) is 1. The van der Waals surface area contributed by atoms with E-state index in [4.69, 9.17) is 0 Å². The average molecular weight is 282 g/mol. The van der Waals surface area contributed by atoms with Crippen LogP contribution in [-0.2, 0) is 6.42 Å². The number of aromatic nitrogens is 1. The molecule has 0 bridgehead atoms. The van der Waals surface area contributed by atoms with Crippen LogP contribution in [0.3, 0.4) is 0 Å². The zero-order valence-electron chi connectivity index (χ0n) is 7.81. The van der Waals surface area contributed by atoms with E-state index < -0.39 is 0 Å². The van der Waals surface area contributed by atoms with Crippen molar-refractivity contribution in [2.75, 3.05) is 0 Å². The van der Waals surface area contributed by atoms with Gasteiger partial charge in [-0.2, -0.15) is 11.3 Å². The van der Waals surface area contributed by atoms with Crippen molar-refractivity contribution in [2.24, 2.45) is 0 Å². The summed E-state index contributed by atoms with van der Waals surface area (Å²) in [6, 6.07) is 3.70. The minimum Gasteiger partial charge on any atom is -0.294 e. The molecule has 0 N–H and O–H groups in total. The lowest BCUT2D eigenvalue weighted by Gasteiger charge is -2.01. The van der Waals surface area contributed by atoms with Gasteiger partial charge in [-0.25, -0.2) is 0 Å². The van der Waals surface area contributed by atoms with Crippen molar-refractivity contribution in [2.45, 2.75) is 6.42 Å². The van der Waals surface area contributed by atoms with E-state index in [-0.39, 0.29) is 5.78 Å². The Morgan fingerprint density at radius 2 is 2.33 bits per heavy atom. The molecule has 2 aromatic rings. The van der Waals surface area contributed by atoms with Crippen LogP contribution in [0.4, 0.5) is 0 Å². The number of carbonyl (C=O) groups excluding carboxylic acids is 1. The minimum absolute atomic E-state index is 0.114. The molecule has 0 saturated carbocycles. The molecule has 4 heteroatoms. The molecule has 76 valence electrons. The molecule has 0 spiro atoms. The van der Waals surface area contributed by atoms with Gasteiger partial charge in [0.05, 0.1) is 0 Å². The van der Waals surface area contributed by atoms with E-state index in [1.165, 1.54) is 0 Å². The van der Waals surface area contributed by atoms with Crippen LogP contribution in [0.15, 0.2) is 39.8 Å². The Balaban J connectivity index is 2.19. The highest BCUT2D eigenvalue weighted by molar-refractivity contribution is 9.10. The summed E-state index contributed by atoms with van der Waals surface area (Å²) >= 11 is 4.92. The highest BCUT2D eigenvalue weighted by Crippen LogP contribution is 2.17. The summed E-state index contributed by atoms with van der Waals surface area (Å²) in [5, 5.41) is 3.97. The largest absolute Gasteiger partial charge is 0.294 e. The Kier molecular flexibility index (Phi) is 3.28. The van der Waals surface area contributed by atoms with Gasteiger partial charge in [-0.1, -0.05) is 0 Å². The molecule has 2 nitrogen and oxygen atoms in total. The minimum atomic E-state index is 0.114. The van der Waals surface area contributed by atoms with Crippen LogP contribution >= 0.6 is 27.3 Å². The first-order valence-corrected chi connectivity index (χ1v) is 6.15. The zero-order valence-corrected chi connectivity index (χ0v) is 10.2. The molecular formula is C11H8BrNOS. The molecular weight excluding hydrogens is 274 g/mol. The first-order chi connectivity index (χ1) is 7.27. The summed E-state index contributed by atoms with van der Waals surface area (Å²) in [5.41, 5.74) is 1.75. The zero-order chi connectivity index (χ0) is 10.7. The number of halogens is 1. The third-order valence-corrected chi connectivity index (χ3v) is 3.38. The maximum Gasteiger partial charge on any atom is 0.168 e. The Hall–Kier alpha value is -1.00. The molecule has 2 heterocycles. The van der Waals surface area contributed by atoms with Gasteiger partial charge in [0.2, 0.25) is 0 Å². The molecule has 0 aromatic carbocycles. The van der Waals surface area contributed by atoms with E-state index in [9.17, 15) is 4.79 Å². The Labute approximate surface area is 100 Å². The van der Waals surface area contributed by atoms with Crippen molar-refractivity contribution < 1.29 is 4.79 Å². The summed E-state index contributed by atoms with van der Waals surface area (Å²) in [4.78, 5) is 15.8. The van der Waals surface area contributed by atoms with Gasteiger partial charge in [0.15, 0.2) is 5.78 Å². The summed E-state index contributed by atoms with van der Waals surface area (Å²) in [6.45, 7) is 0. The van der Waals surface area contributed by atoms with Gasteiger partial charge >= 0.3 is 0 Å². The Morgan fingerprint density at radius 1 is 1.47 bits per heavy atom. The number of carbonyl (C=O) groups is 1. The quantitative estimate of drug-likeness (QED) is 0.808. The van der Waals surface area contributed by atoms with Crippen molar-refractivity contribution in [3.8, 4) is 0 Å². The van der Waals surface area contributed by atoms with Crippen LogP contribution in [0, 0.1) is 0 Å². The predicted octanol–water partition coefficient (Wildman–Crippen LogP) is 3.33. The molecule has 2 rings (SSSR count). The fourth-order valence-corrected chi connectivity index (χ4v) is 2.42. The lowest BCUT2D eigenvalue weighted by molar-refractivity contribution is 0.0992. The molecule has 2 aromatic heterocycles. The standard InChI is InChI=1S/C11H8BrNOS/c12-10-6-13-3-1-9(10)11(14)5-8-2-4-15-7-8/h1-4,6-7H,5H2. The highest BCUT2D eigenvalue weighted by atomic mass is 79.9. The van der Waals surface area contributed by atoms with Gasteiger partial charge in [-0.3, -0.25) is 9.78 Å². The topological polar surface area (TPSA) is 30.0 Å². The number of hydrogen-bond acceptors (Lipinski definition) is 3. The second-order valence-corrected chi connectivity index (χ2v) is 4.72. The SMILES string of the molecule is O=C(Cc1ccsc1)c1ccncc1Br. The van der Waals surface area contributed by atoms with Crippen molar-refractivity contribution in [3.63, 3.8) is 0 Å². The molecule has 0 fully saturated rings. The molecule has 0 unspecified atom stereocenters. The van der Waals surface area contributed by atoms with E-state index in [0.29, 0.717) is 12.0 Å². The third kappa shape index (κ3) is 2.52. The van der Waals surface area contributed by atoms with Gasteiger partial charge in [0.25, 0.3) is 0 Å². The third-order valence-electron chi connectivity index (χ3n) is 2.02. The van der Waals surface area contributed by atoms with Crippen LogP contribution in [0.25, 0.3) is 0 Å². The molecule has 0 aliphatic carbocycles. The molecule has 15 heavy (non-hydrogen) atoms. The van der Waals surface area contributed by atoms with Crippen molar-refractivity contribution in [1.29, 1.82) is 0 Å². The van der Waals surface area contributed by atoms with E-state index in [1.807, 2.05) is 16.8 Å². The van der Waals surface area contributed by atoms with Crippen LogP contribution < -0.4 is 0 Å². The van der Waals surface area contributed by atoms with E-state index in [1.54, 1.807) is 29.8 Å². The lowest BCUT2D eigenvalue weighted by atomic mass is 10.1. The lowest BCUT2D eigenvalue weighted by Crippen LogP contribution is -2.03. The normalized spacial score (nSPS) is 10.2. The Morgan fingerprint density at radius 3 is 3.00 bits per heavy atom. The summed E-state index contributed by atoms with van der Waals surface area (Å²) < 4.78 is 0.755. The van der Waals surface area contributed by atoms with Gasteiger partial charge in [0, 0.05) is 28.9 Å². The molecule has 0 amide bonds. The Bertz CT molecular complexity index is 467. The number of ketones is 1. The van der Waals surface area contributed by atoms with Crippen LogP contribution in [-0.4, -0.2) is 10.8 Å². The first-order valence-electron chi connectivity index (χ1n) is 4.41. The van der Waals surface area contributed by atoms with E-state index in [0.717, 1.165) is 10.0 Å². The fourth-order valence-electron chi connectivity index (χ4n) is 1.28. The van der Waals surface area contributed by atoms with Crippen molar-refractivity contribution >= 4 is 33.0 Å². The predicted molar refractivity (Wildman–Crippen MR) is 64.3 cm³/mol. The second kappa shape index (κ2) is 4.68. The van der Waals surface area contributed by atoms with Crippen molar-refractivity contribution in [3.05, 3.63) is 50.9 Å². The number of hydrogen-bond donors (Lipinski definition) is 0. The fraction of sp³-hybridized carbons (Fsp3) is 0.0909. The number of Topliss-reactive ketones (excluding diaryl/α,β-unsaturated/α-hetero) is 1. The van der Waals surface area contributed by atoms with Gasteiger partial charge < -0.3 is 0 Å². The maximum atomic E-state index is 11.9. The number of thiophene rings is 1. The molecule has 0 saturated heterocycles. The van der Waals surface area contributed by atoms with Gasteiger partial charge in [-0.15, -0.1) is 0 Å². The molecule has 0 aliphatic rings. The van der Waals surface area contributed by atoms with E-state index >= 15 is 0 Å². The van der Waals surface area contributed by atoms with Crippen LogP contribution in [0.2, 0.25) is 0 Å². The maximum absolute atomic E-state index is 11.9. The number of pyridine rings is 1. The van der Waals surface area contributed by atoms with Crippen LogP contribution in [0.5, 0.6) is 0 Å². The monoisotopic (exact) mass is 281 g/mol.